The van der Waals surface area contributed by atoms with Gasteiger partial charge in [0.25, 0.3) is 5.56 Å². The molecule has 4 aromatic rings. The number of hydrogen-bond acceptors (Lipinski definition) is 14. The Morgan fingerprint density at radius 3 is 1.48 bits per heavy atom. The molecule has 2 aromatic carbocycles. The van der Waals surface area contributed by atoms with Gasteiger partial charge in [-0.3, -0.25) is 13.9 Å². The van der Waals surface area contributed by atoms with E-state index >= 15 is 0 Å². The molecule has 71 heavy (non-hydrogen) atoms. The third-order valence-corrected chi connectivity index (χ3v) is 12.7. The first-order chi connectivity index (χ1) is 35.0. The van der Waals surface area contributed by atoms with Gasteiger partial charge in [0.05, 0.1) is 112 Å². The summed E-state index contributed by atoms with van der Waals surface area (Å²) < 4.78 is 59.4. The Balaban J connectivity index is 0.879. The summed E-state index contributed by atoms with van der Waals surface area (Å²) in [4.78, 5) is 46.7. The number of aromatic nitrogens is 4. The van der Waals surface area contributed by atoms with Gasteiger partial charge in [-0.1, -0.05) is 93.1 Å². The molecule has 0 saturated heterocycles. The molecule has 0 spiro atoms. The van der Waals surface area contributed by atoms with Crippen LogP contribution in [0, 0.1) is 11.8 Å². The van der Waals surface area contributed by atoms with E-state index in [1.54, 1.807) is 13.2 Å². The molecule has 2 heterocycles. The standard InChI is InChI=1S/C54H78N4O13/c1-62-23-24-63-25-26-64-27-28-65-29-30-66-31-32-67-33-34-68-35-36-69-37-38-70-39-40-71-49(59)22-19-44-17-20-48(21-18-44)51-55-52-50(56(51)41-45-11-5-2-6-12-45)53(60)58(43-47-15-9-4-10-16-47)54(61)57(52)42-46-13-7-3-8-14-46/h2,5-6,11-12,17-22,46-47H,3-4,7-10,13-16,23-43H2,1H3. The van der Waals surface area contributed by atoms with Crippen LogP contribution in [0.5, 0.6) is 0 Å². The van der Waals surface area contributed by atoms with E-state index in [9.17, 15) is 14.4 Å². The molecule has 17 heteroatoms. The van der Waals surface area contributed by atoms with Crippen LogP contribution >= 0.6 is 0 Å². The number of nitrogens with zero attached hydrogens (tertiary/aromatic N) is 4. The van der Waals surface area contributed by atoms with Gasteiger partial charge in [-0.15, -0.1) is 0 Å². The minimum atomic E-state index is -0.480. The average Bonchev–Trinajstić information content (AvgIpc) is 3.77. The summed E-state index contributed by atoms with van der Waals surface area (Å²) in [5.41, 5.74) is 3.03. The van der Waals surface area contributed by atoms with E-state index in [-0.39, 0.29) is 24.5 Å². The zero-order valence-electron chi connectivity index (χ0n) is 42.0. The van der Waals surface area contributed by atoms with Crippen molar-refractivity contribution in [1.29, 1.82) is 0 Å². The topological polar surface area (TPSA) is 171 Å². The second-order valence-electron chi connectivity index (χ2n) is 18.0. The first-order valence-electron chi connectivity index (χ1n) is 25.9. The molecule has 0 bridgehead atoms. The van der Waals surface area contributed by atoms with Crippen molar-refractivity contribution < 1.29 is 52.2 Å². The molecule has 0 unspecified atom stereocenters. The first-order valence-corrected chi connectivity index (χ1v) is 25.9. The molecule has 2 aliphatic rings. The first kappa shape index (κ1) is 55.7. The van der Waals surface area contributed by atoms with Gasteiger partial charge in [0.15, 0.2) is 11.2 Å². The van der Waals surface area contributed by atoms with Gasteiger partial charge in [-0.05, 0) is 54.7 Å². The van der Waals surface area contributed by atoms with Crippen molar-refractivity contribution in [2.75, 3.05) is 126 Å². The molecule has 2 aliphatic carbocycles. The average molecular weight is 991 g/mol. The van der Waals surface area contributed by atoms with Gasteiger partial charge in [0.1, 0.15) is 12.4 Å². The van der Waals surface area contributed by atoms with Crippen LogP contribution < -0.4 is 11.2 Å². The van der Waals surface area contributed by atoms with Crippen molar-refractivity contribution in [3.8, 4) is 11.4 Å². The largest absolute Gasteiger partial charge is 0.460 e. The second-order valence-corrected chi connectivity index (χ2v) is 18.0. The summed E-state index contributed by atoms with van der Waals surface area (Å²) >= 11 is 0. The molecule has 2 saturated carbocycles. The smallest absolute Gasteiger partial charge is 0.332 e. The Morgan fingerprint density at radius 1 is 0.549 bits per heavy atom. The monoisotopic (exact) mass is 991 g/mol. The molecule has 0 N–H and O–H groups in total. The molecular formula is C54H78N4O13. The fourth-order valence-electron chi connectivity index (χ4n) is 8.95. The summed E-state index contributed by atoms with van der Waals surface area (Å²) in [6.07, 6.45) is 14.3. The molecule has 0 amide bonds. The van der Waals surface area contributed by atoms with Crippen molar-refractivity contribution >= 4 is 23.2 Å². The zero-order valence-corrected chi connectivity index (χ0v) is 42.0. The van der Waals surface area contributed by atoms with Crippen molar-refractivity contribution in [3.05, 3.63) is 92.6 Å². The molecule has 2 fully saturated rings. The van der Waals surface area contributed by atoms with Crippen LogP contribution in [0.3, 0.4) is 0 Å². The maximum atomic E-state index is 14.6. The van der Waals surface area contributed by atoms with Gasteiger partial charge in [0.2, 0.25) is 0 Å². The van der Waals surface area contributed by atoms with E-state index in [2.05, 4.69) is 0 Å². The van der Waals surface area contributed by atoms with Crippen molar-refractivity contribution in [1.82, 2.24) is 18.7 Å². The predicted octanol–water partition coefficient (Wildman–Crippen LogP) is 6.57. The number of hydrogen-bond donors (Lipinski definition) is 0. The summed E-state index contributed by atoms with van der Waals surface area (Å²) in [6, 6.07) is 17.8. The Kier molecular flexibility index (Phi) is 26.1. The van der Waals surface area contributed by atoms with Crippen LogP contribution in [-0.2, 0) is 71.8 Å². The Labute approximate surface area is 418 Å². The summed E-state index contributed by atoms with van der Waals surface area (Å²) in [7, 11) is 1.64. The fourth-order valence-corrected chi connectivity index (χ4v) is 8.95. The summed E-state index contributed by atoms with van der Waals surface area (Å²) in [5.74, 6) is 0.815. The number of ether oxygens (including phenoxy) is 10. The third-order valence-electron chi connectivity index (χ3n) is 12.7. The fraction of sp³-hybridized carbons (Fsp3) is 0.630. The number of imidazole rings is 1. The quantitative estimate of drug-likeness (QED) is 0.0272. The highest BCUT2D eigenvalue weighted by molar-refractivity contribution is 5.87. The molecule has 17 nitrogen and oxygen atoms in total. The minimum Gasteiger partial charge on any atom is -0.460 e. The predicted molar refractivity (Wildman–Crippen MR) is 271 cm³/mol. The number of carbonyl (C=O) groups excluding carboxylic acids is 1. The van der Waals surface area contributed by atoms with E-state index < -0.39 is 5.97 Å². The number of esters is 1. The molecule has 0 aliphatic heterocycles. The second kappa shape index (κ2) is 33.2. The molecule has 392 valence electrons. The number of methoxy groups -OCH3 is 1. The Bertz CT molecular complexity index is 2230. The zero-order chi connectivity index (χ0) is 49.6. The van der Waals surface area contributed by atoms with Crippen LogP contribution in [0.15, 0.2) is 70.3 Å². The summed E-state index contributed by atoms with van der Waals surface area (Å²) in [5, 5.41) is 0. The molecule has 2 aromatic heterocycles. The van der Waals surface area contributed by atoms with Crippen molar-refractivity contribution in [2.24, 2.45) is 11.8 Å². The van der Waals surface area contributed by atoms with Gasteiger partial charge in [-0.2, -0.15) is 0 Å². The Hall–Kier alpha value is -4.56. The highest BCUT2D eigenvalue weighted by Gasteiger charge is 2.26. The lowest BCUT2D eigenvalue weighted by molar-refractivity contribution is -0.139. The number of fused-ring (bicyclic) bond motifs is 1. The van der Waals surface area contributed by atoms with Gasteiger partial charge in [-0.25, -0.2) is 14.6 Å². The maximum absolute atomic E-state index is 14.6. The van der Waals surface area contributed by atoms with E-state index in [4.69, 9.17) is 52.4 Å². The molecule has 0 atom stereocenters. The number of benzene rings is 2. The lowest BCUT2D eigenvalue weighted by Gasteiger charge is -2.25. The van der Waals surface area contributed by atoms with Crippen molar-refractivity contribution in [2.45, 2.75) is 83.8 Å². The van der Waals surface area contributed by atoms with Gasteiger partial charge in [0, 0.05) is 38.4 Å². The maximum Gasteiger partial charge on any atom is 0.332 e. The van der Waals surface area contributed by atoms with Crippen LogP contribution in [0.25, 0.3) is 28.6 Å². The lowest BCUT2D eigenvalue weighted by atomic mass is 9.89. The van der Waals surface area contributed by atoms with E-state index in [1.165, 1.54) is 23.5 Å². The van der Waals surface area contributed by atoms with Gasteiger partial charge < -0.3 is 51.9 Å². The van der Waals surface area contributed by atoms with Crippen LogP contribution in [-0.4, -0.2) is 151 Å². The highest BCUT2D eigenvalue weighted by Crippen LogP contribution is 2.29. The Morgan fingerprint density at radius 2 is 1.00 bits per heavy atom. The lowest BCUT2D eigenvalue weighted by Crippen LogP contribution is -2.43. The van der Waals surface area contributed by atoms with Gasteiger partial charge >= 0.3 is 11.7 Å². The minimum absolute atomic E-state index is 0.109. The number of rotatable bonds is 36. The van der Waals surface area contributed by atoms with Crippen LogP contribution in [0.1, 0.15) is 75.3 Å². The van der Waals surface area contributed by atoms with Crippen LogP contribution in [0.2, 0.25) is 0 Å². The SMILES string of the molecule is COCCOCCOCCOCCOCCOCCOCCOCCOCCOC(=O)C=Cc1ccc(-c2nc3c(c(=O)n(CC4CCCCC4)c(=O)n3CC3CCCCC3)n2Cc2ccccc2)cc1. The van der Waals surface area contributed by atoms with Crippen molar-refractivity contribution in [3.63, 3.8) is 0 Å². The molecule has 0 radical (unpaired) electrons. The van der Waals surface area contributed by atoms with Crippen LogP contribution in [0.4, 0.5) is 0 Å². The highest BCUT2D eigenvalue weighted by atomic mass is 16.6. The van der Waals surface area contributed by atoms with E-state index in [1.807, 2.05) is 63.7 Å². The molecule has 6 rings (SSSR count). The normalized spacial score (nSPS) is 14.8. The summed E-state index contributed by atoms with van der Waals surface area (Å²) in [6.45, 7) is 9.51. The van der Waals surface area contributed by atoms with E-state index in [0.29, 0.717) is 154 Å². The number of carbonyl (C=O) groups is 1. The third kappa shape index (κ3) is 19.8. The van der Waals surface area contributed by atoms with E-state index in [0.717, 1.165) is 68.1 Å². The molecular weight excluding hydrogens is 913 g/mol.